The standard InChI is InChI=1S/C20H22N4O5/c1-3-24-16-9-8-14(12-15(16)22-23-24)20(26)29-13-19(25)21-10-11-28-18-7-5-4-6-17(18)27-2/h4-9,12H,3,10-11,13H2,1-2H3,(H,21,25). The monoisotopic (exact) mass is 398 g/mol. The van der Waals surface area contributed by atoms with Crippen molar-refractivity contribution in [2.45, 2.75) is 13.5 Å². The quantitative estimate of drug-likeness (QED) is 0.433. The predicted molar refractivity (Wildman–Crippen MR) is 105 cm³/mol. The number of carbonyl (C=O) groups is 2. The lowest BCUT2D eigenvalue weighted by Gasteiger charge is -2.11. The molecule has 0 radical (unpaired) electrons. The lowest BCUT2D eigenvalue weighted by atomic mass is 10.2. The molecule has 0 aliphatic heterocycles. The molecule has 3 aromatic rings. The molecule has 0 bridgehead atoms. The summed E-state index contributed by atoms with van der Waals surface area (Å²) in [7, 11) is 1.56. The molecule has 0 unspecified atom stereocenters. The van der Waals surface area contributed by atoms with E-state index in [0.29, 0.717) is 29.1 Å². The number of nitrogens with zero attached hydrogens (tertiary/aromatic N) is 3. The summed E-state index contributed by atoms with van der Waals surface area (Å²) in [6, 6.07) is 12.2. The van der Waals surface area contributed by atoms with Crippen LogP contribution in [0.15, 0.2) is 42.5 Å². The number of hydrogen-bond donors (Lipinski definition) is 1. The van der Waals surface area contributed by atoms with E-state index in [0.717, 1.165) is 5.52 Å². The molecule has 1 N–H and O–H groups in total. The van der Waals surface area contributed by atoms with E-state index in [4.69, 9.17) is 14.2 Å². The molecule has 1 heterocycles. The molecule has 0 saturated carbocycles. The number of nitrogens with one attached hydrogen (secondary N) is 1. The summed E-state index contributed by atoms with van der Waals surface area (Å²) in [5.41, 5.74) is 1.74. The Kier molecular flexibility index (Phi) is 6.62. The van der Waals surface area contributed by atoms with Crippen molar-refractivity contribution in [2.75, 3.05) is 26.9 Å². The maximum atomic E-state index is 12.2. The van der Waals surface area contributed by atoms with Gasteiger partial charge in [-0.2, -0.15) is 0 Å². The second-order valence-electron chi connectivity index (χ2n) is 6.03. The van der Waals surface area contributed by atoms with Gasteiger partial charge in [-0.1, -0.05) is 17.3 Å². The van der Waals surface area contributed by atoms with Crippen molar-refractivity contribution in [1.82, 2.24) is 20.3 Å². The SMILES string of the molecule is CCn1nnc2cc(C(=O)OCC(=O)NCCOc3ccccc3OC)ccc21. The average Bonchev–Trinajstić information content (AvgIpc) is 3.17. The molecule has 152 valence electrons. The Bertz CT molecular complexity index is 1000. The molecule has 29 heavy (non-hydrogen) atoms. The van der Waals surface area contributed by atoms with Gasteiger partial charge in [0.2, 0.25) is 0 Å². The van der Waals surface area contributed by atoms with Crippen molar-refractivity contribution < 1.29 is 23.8 Å². The van der Waals surface area contributed by atoms with Crippen LogP contribution in [0.25, 0.3) is 11.0 Å². The van der Waals surface area contributed by atoms with Crippen LogP contribution in [0.4, 0.5) is 0 Å². The Hall–Kier alpha value is -3.62. The van der Waals surface area contributed by atoms with Crippen LogP contribution in [-0.2, 0) is 16.1 Å². The van der Waals surface area contributed by atoms with Gasteiger partial charge in [0.15, 0.2) is 18.1 Å². The molecule has 0 spiro atoms. The molecule has 0 aliphatic carbocycles. The summed E-state index contributed by atoms with van der Waals surface area (Å²) in [6.07, 6.45) is 0. The minimum absolute atomic E-state index is 0.254. The number of fused-ring (bicyclic) bond motifs is 1. The molecule has 9 nitrogen and oxygen atoms in total. The van der Waals surface area contributed by atoms with E-state index < -0.39 is 11.9 Å². The Morgan fingerprint density at radius 2 is 1.93 bits per heavy atom. The van der Waals surface area contributed by atoms with Crippen molar-refractivity contribution in [1.29, 1.82) is 0 Å². The Balaban J connectivity index is 1.42. The van der Waals surface area contributed by atoms with Crippen molar-refractivity contribution in [2.24, 2.45) is 0 Å². The molecule has 0 fully saturated rings. The number of hydrogen-bond acceptors (Lipinski definition) is 7. The Morgan fingerprint density at radius 1 is 1.14 bits per heavy atom. The fourth-order valence-corrected chi connectivity index (χ4v) is 2.69. The van der Waals surface area contributed by atoms with Crippen LogP contribution in [0.3, 0.4) is 0 Å². The van der Waals surface area contributed by atoms with Crippen LogP contribution >= 0.6 is 0 Å². The van der Waals surface area contributed by atoms with Gasteiger partial charge < -0.3 is 19.5 Å². The molecule has 9 heteroatoms. The van der Waals surface area contributed by atoms with Crippen molar-refractivity contribution in [3.05, 3.63) is 48.0 Å². The second-order valence-corrected chi connectivity index (χ2v) is 6.03. The molecular formula is C20H22N4O5. The molecule has 0 atom stereocenters. The fourth-order valence-electron chi connectivity index (χ4n) is 2.69. The average molecular weight is 398 g/mol. The molecule has 3 rings (SSSR count). The predicted octanol–water partition coefficient (Wildman–Crippen LogP) is 1.81. The first-order valence-electron chi connectivity index (χ1n) is 9.15. The van der Waals surface area contributed by atoms with Gasteiger partial charge >= 0.3 is 5.97 Å². The minimum Gasteiger partial charge on any atom is -0.493 e. The molecular weight excluding hydrogens is 376 g/mol. The number of esters is 1. The largest absolute Gasteiger partial charge is 0.493 e. The zero-order valence-electron chi connectivity index (χ0n) is 16.3. The maximum absolute atomic E-state index is 12.2. The van der Waals surface area contributed by atoms with Crippen LogP contribution in [0, 0.1) is 0 Å². The summed E-state index contributed by atoms with van der Waals surface area (Å²) in [6.45, 7) is 2.77. The van der Waals surface area contributed by atoms with Gasteiger partial charge in [0.05, 0.1) is 24.7 Å². The van der Waals surface area contributed by atoms with Gasteiger partial charge in [-0.15, -0.1) is 5.10 Å². The highest BCUT2D eigenvalue weighted by molar-refractivity contribution is 5.94. The smallest absolute Gasteiger partial charge is 0.338 e. The first-order valence-corrected chi connectivity index (χ1v) is 9.15. The van der Waals surface area contributed by atoms with Gasteiger partial charge in [-0.25, -0.2) is 9.48 Å². The molecule has 0 aliphatic rings. The summed E-state index contributed by atoms with van der Waals surface area (Å²) in [4.78, 5) is 24.0. The van der Waals surface area contributed by atoms with E-state index in [1.165, 1.54) is 0 Å². The maximum Gasteiger partial charge on any atom is 0.338 e. The number of aryl methyl sites for hydroxylation is 1. The third-order valence-corrected chi connectivity index (χ3v) is 4.13. The van der Waals surface area contributed by atoms with Gasteiger partial charge in [0.1, 0.15) is 12.1 Å². The number of carbonyl (C=O) groups excluding carboxylic acids is 2. The second kappa shape index (κ2) is 9.54. The summed E-state index contributed by atoms with van der Waals surface area (Å²) >= 11 is 0. The van der Waals surface area contributed by atoms with E-state index in [1.807, 2.05) is 19.1 Å². The third kappa shape index (κ3) is 5.01. The number of methoxy groups -OCH3 is 1. The molecule has 1 amide bonds. The lowest BCUT2D eigenvalue weighted by Crippen LogP contribution is -2.32. The minimum atomic E-state index is -0.599. The number of benzene rings is 2. The van der Waals surface area contributed by atoms with Gasteiger partial charge in [0, 0.05) is 6.54 Å². The molecule has 0 saturated heterocycles. The molecule has 2 aromatic carbocycles. The van der Waals surface area contributed by atoms with Crippen LogP contribution in [0.1, 0.15) is 17.3 Å². The Labute approximate surface area is 167 Å². The summed E-state index contributed by atoms with van der Waals surface area (Å²) < 4.78 is 17.5. The Morgan fingerprint density at radius 3 is 2.69 bits per heavy atom. The lowest BCUT2D eigenvalue weighted by molar-refractivity contribution is -0.124. The topological polar surface area (TPSA) is 105 Å². The number of para-hydroxylation sites is 2. The van der Waals surface area contributed by atoms with E-state index in [9.17, 15) is 9.59 Å². The van der Waals surface area contributed by atoms with Crippen molar-refractivity contribution in [3.8, 4) is 11.5 Å². The van der Waals surface area contributed by atoms with Crippen LogP contribution in [0.2, 0.25) is 0 Å². The number of aromatic nitrogens is 3. The van der Waals surface area contributed by atoms with E-state index in [2.05, 4.69) is 15.6 Å². The van der Waals surface area contributed by atoms with E-state index in [1.54, 1.807) is 42.1 Å². The van der Waals surface area contributed by atoms with Crippen LogP contribution < -0.4 is 14.8 Å². The highest BCUT2D eigenvalue weighted by atomic mass is 16.5. The fraction of sp³-hybridized carbons (Fsp3) is 0.300. The number of rotatable bonds is 9. The van der Waals surface area contributed by atoms with Gasteiger partial charge in [-0.05, 0) is 37.3 Å². The highest BCUT2D eigenvalue weighted by Gasteiger charge is 2.13. The first-order chi connectivity index (χ1) is 14.1. The van der Waals surface area contributed by atoms with Crippen molar-refractivity contribution >= 4 is 22.9 Å². The van der Waals surface area contributed by atoms with Crippen LogP contribution in [0.5, 0.6) is 11.5 Å². The third-order valence-electron chi connectivity index (χ3n) is 4.13. The van der Waals surface area contributed by atoms with Gasteiger partial charge in [0.25, 0.3) is 5.91 Å². The number of amides is 1. The van der Waals surface area contributed by atoms with Crippen molar-refractivity contribution in [3.63, 3.8) is 0 Å². The number of ether oxygens (including phenoxy) is 3. The normalized spacial score (nSPS) is 10.6. The zero-order chi connectivity index (χ0) is 20.6. The summed E-state index contributed by atoms with van der Waals surface area (Å²) in [5.74, 6) is 0.188. The van der Waals surface area contributed by atoms with E-state index >= 15 is 0 Å². The van der Waals surface area contributed by atoms with Crippen LogP contribution in [-0.4, -0.2) is 53.7 Å². The zero-order valence-corrected chi connectivity index (χ0v) is 16.3. The summed E-state index contributed by atoms with van der Waals surface area (Å²) in [5, 5.41) is 10.6. The highest BCUT2D eigenvalue weighted by Crippen LogP contribution is 2.25. The van der Waals surface area contributed by atoms with Gasteiger partial charge in [-0.3, -0.25) is 4.79 Å². The molecule has 1 aromatic heterocycles. The first kappa shape index (κ1) is 20.1. The van der Waals surface area contributed by atoms with E-state index in [-0.39, 0.29) is 19.8 Å².